The lowest BCUT2D eigenvalue weighted by molar-refractivity contribution is 0.364. The van der Waals surface area contributed by atoms with Crippen LogP contribution in [0.25, 0.3) is 11.3 Å². The molecule has 1 fully saturated rings. The molecule has 6 nitrogen and oxygen atoms in total. The van der Waals surface area contributed by atoms with Crippen LogP contribution in [0.1, 0.15) is 58.2 Å². The number of hydrogen-bond donors (Lipinski definition) is 2. The number of aromatic amines is 1. The SMILES string of the molecule is COc1ccc(-c2c[nH]c([C@H]3CC[C@H](NS(=O)(=O)C(C)(C)C)CC3)n2)cc1F. The number of benzene rings is 1. The van der Waals surface area contributed by atoms with Crippen LogP contribution in [-0.2, 0) is 10.0 Å². The summed E-state index contributed by atoms with van der Waals surface area (Å²) in [6, 6.07) is 4.74. The zero-order valence-electron chi connectivity index (χ0n) is 16.8. The number of H-pyrrole nitrogens is 1. The predicted octanol–water partition coefficient (Wildman–Crippen LogP) is 3.97. The molecule has 0 bridgehead atoms. The van der Waals surface area contributed by atoms with E-state index in [4.69, 9.17) is 4.74 Å². The summed E-state index contributed by atoms with van der Waals surface area (Å²) >= 11 is 0. The third kappa shape index (κ3) is 4.38. The second kappa shape index (κ2) is 7.83. The molecule has 0 amide bonds. The highest BCUT2D eigenvalue weighted by atomic mass is 32.2. The minimum absolute atomic E-state index is 0.0365. The molecular weight excluding hydrogens is 381 g/mol. The Morgan fingerprint density at radius 1 is 1.21 bits per heavy atom. The molecule has 1 saturated carbocycles. The zero-order valence-corrected chi connectivity index (χ0v) is 17.6. The fraction of sp³-hybridized carbons (Fsp3) is 0.550. The average Bonchev–Trinajstić information content (AvgIpc) is 3.11. The Hall–Kier alpha value is -1.93. The molecule has 1 aliphatic rings. The van der Waals surface area contributed by atoms with E-state index in [-0.39, 0.29) is 17.7 Å². The van der Waals surface area contributed by atoms with Crippen LogP contribution in [0, 0.1) is 5.82 Å². The molecule has 0 radical (unpaired) electrons. The Balaban J connectivity index is 1.64. The molecule has 0 unspecified atom stereocenters. The number of sulfonamides is 1. The van der Waals surface area contributed by atoms with Crippen LogP contribution < -0.4 is 9.46 Å². The van der Waals surface area contributed by atoms with E-state index in [1.807, 2.05) is 0 Å². The first-order valence-corrected chi connectivity index (χ1v) is 11.0. The van der Waals surface area contributed by atoms with Crippen LogP contribution >= 0.6 is 0 Å². The van der Waals surface area contributed by atoms with Gasteiger partial charge in [-0.15, -0.1) is 0 Å². The summed E-state index contributed by atoms with van der Waals surface area (Å²) in [5.41, 5.74) is 1.37. The van der Waals surface area contributed by atoms with Crippen LogP contribution in [0.3, 0.4) is 0 Å². The number of hydrogen-bond acceptors (Lipinski definition) is 4. The first kappa shape index (κ1) is 20.8. The van der Waals surface area contributed by atoms with E-state index in [1.165, 1.54) is 13.2 Å². The van der Waals surface area contributed by atoms with Crippen molar-refractivity contribution in [3.63, 3.8) is 0 Å². The van der Waals surface area contributed by atoms with Crippen molar-refractivity contribution in [2.45, 2.75) is 63.2 Å². The molecule has 1 heterocycles. The highest BCUT2D eigenvalue weighted by Crippen LogP contribution is 2.33. The van der Waals surface area contributed by atoms with E-state index in [0.717, 1.165) is 31.5 Å². The molecule has 0 atom stereocenters. The van der Waals surface area contributed by atoms with Crippen LogP contribution in [-0.4, -0.2) is 36.3 Å². The van der Waals surface area contributed by atoms with Gasteiger partial charge in [-0.2, -0.15) is 0 Å². The molecule has 154 valence electrons. The van der Waals surface area contributed by atoms with Gasteiger partial charge in [-0.3, -0.25) is 0 Å². The monoisotopic (exact) mass is 409 g/mol. The van der Waals surface area contributed by atoms with E-state index in [1.54, 1.807) is 39.1 Å². The van der Waals surface area contributed by atoms with E-state index in [9.17, 15) is 12.8 Å². The predicted molar refractivity (Wildman–Crippen MR) is 107 cm³/mol. The summed E-state index contributed by atoms with van der Waals surface area (Å²) < 4.78 is 45.6. The Kier molecular flexibility index (Phi) is 5.82. The molecule has 8 heteroatoms. The molecule has 0 saturated heterocycles. The minimum Gasteiger partial charge on any atom is -0.494 e. The Labute approximate surface area is 166 Å². The van der Waals surface area contributed by atoms with Gasteiger partial charge in [0.25, 0.3) is 0 Å². The van der Waals surface area contributed by atoms with Gasteiger partial charge >= 0.3 is 0 Å². The van der Waals surface area contributed by atoms with Gasteiger partial charge in [0, 0.05) is 23.7 Å². The van der Waals surface area contributed by atoms with E-state index < -0.39 is 20.6 Å². The summed E-state index contributed by atoms with van der Waals surface area (Å²) in [6.07, 6.45) is 5.02. The number of aromatic nitrogens is 2. The Morgan fingerprint density at radius 3 is 2.46 bits per heavy atom. The maximum absolute atomic E-state index is 13.9. The summed E-state index contributed by atoms with van der Waals surface area (Å²) in [6.45, 7) is 5.11. The normalized spacial score (nSPS) is 20.9. The maximum Gasteiger partial charge on any atom is 0.216 e. The van der Waals surface area contributed by atoms with Crippen molar-refractivity contribution < 1.29 is 17.5 Å². The van der Waals surface area contributed by atoms with Gasteiger partial charge < -0.3 is 9.72 Å². The molecule has 0 aliphatic heterocycles. The summed E-state index contributed by atoms with van der Waals surface area (Å²) in [5.74, 6) is 0.891. The van der Waals surface area contributed by atoms with Gasteiger partial charge in [0.1, 0.15) is 5.82 Å². The van der Waals surface area contributed by atoms with Gasteiger partial charge in [0.05, 0.1) is 17.6 Å². The molecule has 2 aromatic rings. The molecule has 3 rings (SSSR count). The van der Waals surface area contributed by atoms with Crippen molar-refractivity contribution in [1.29, 1.82) is 0 Å². The smallest absolute Gasteiger partial charge is 0.216 e. The summed E-state index contributed by atoms with van der Waals surface area (Å²) in [4.78, 5) is 7.84. The van der Waals surface area contributed by atoms with Gasteiger partial charge in [-0.25, -0.2) is 22.5 Å². The van der Waals surface area contributed by atoms with E-state index >= 15 is 0 Å². The zero-order chi connectivity index (χ0) is 20.5. The molecule has 2 N–H and O–H groups in total. The number of methoxy groups -OCH3 is 1. The molecular formula is C20H28FN3O3S. The number of nitrogens with one attached hydrogen (secondary N) is 2. The van der Waals surface area contributed by atoms with Crippen LogP contribution in [0.15, 0.2) is 24.4 Å². The van der Waals surface area contributed by atoms with Crippen LogP contribution in [0.2, 0.25) is 0 Å². The largest absolute Gasteiger partial charge is 0.494 e. The van der Waals surface area contributed by atoms with Gasteiger partial charge in [0.2, 0.25) is 10.0 Å². The first-order chi connectivity index (χ1) is 13.1. The second-order valence-electron chi connectivity index (χ2n) is 8.30. The fourth-order valence-corrected chi connectivity index (χ4v) is 4.43. The van der Waals surface area contributed by atoms with Crippen molar-refractivity contribution in [2.75, 3.05) is 7.11 Å². The van der Waals surface area contributed by atoms with Crippen LogP contribution in [0.5, 0.6) is 5.75 Å². The molecule has 1 aromatic heterocycles. The second-order valence-corrected chi connectivity index (χ2v) is 10.8. The van der Waals surface area contributed by atoms with Crippen molar-refractivity contribution >= 4 is 10.0 Å². The first-order valence-electron chi connectivity index (χ1n) is 9.52. The molecule has 28 heavy (non-hydrogen) atoms. The standard InChI is InChI=1S/C20H28FN3O3S/c1-20(2,3)28(25,26)24-15-8-5-13(6-9-15)19-22-12-17(23-19)14-7-10-18(27-4)16(21)11-14/h7,10-13,15,24H,5-6,8-9H2,1-4H3,(H,22,23)/t13-,15-. The number of halogens is 1. The van der Waals surface area contributed by atoms with Crippen molar-refractivity contribution in [3.8, 4) is 17.0 Å². The summed E-state index contributed by atoms with van der Waals surface area (Å²) in [7, 11) is -1.91. The maximum atomic E-state index is 13.9. The molecule has 0 spiro atoms. The van der Waals surface area contributed by atoms with Crippen LogP contribution in [0.4, 0.5) is 4.39 Å². The van der Waals surface area contributed by atoms with Gasteiger partial charge in [-0.05, 0) is 64.7 Å². The number of ether oxygens (including phenoxy) is 1. The third-order valence-electron chi connectivity index (χ3n) is 5.29. The van der Waals surface area contributed by atoms with E-state index in [2.05, 4.69) is 14.7 Å². The lowest BCUT2D eigenvalue weighted by Gasteiger charge is -2.30. The highest BCUT2D eigenvalue weighted by Gasteiger charge is 2.33. The summed E-state index contributed by atoms with van der Waals surface area (Å²) in [5, 5.41) is 0. The van der Waals surface area contributed by atoms with Crippen molar-refractivity contribution in [1.82, 2.24) is 14.7 Å². The quantitative estimate of drug-likeness (QED) is 0.783. The minimum atomic E-state index is -3.34. The van der Waals surface area contributed by atoms with E-state index in [0.29, 0.717) is 11.3 Å². The lowest BCUT2D eigenvalue weighted by atomic mass is 9.86. The topological polar surface area (TPSA) is 84.1 Å². The Morgan fingerprint density at radius 2 is 1.89 bits per heavy atom. The van der Waals surface area contributed by atoms with Gasteiger partial charge in [0.15, 0.2) is 11.6 Å². The van der Waals surface area contributed by atoms with Gasteiger partial charge in [-0.1, -0.05) is 0 Å². The Bertz CT molecular complexity index is 926. The molecule has 1 aliphatic carbocycles. The number of imidazole rings is 1. The van der Waals surface area contributed by atoms with Crippen molar-refractivity contribution in [3.05, 3.63) is 36.0 Å². The molecule has 1 aromatic carbocycles. The third-order valence-corrected chi connectivity index (χ3v) is 7.54. The number of nitrogens with zero attached hydrogens (tertiary/aromatic N) is 1. The highest BCUT2D eigenvalue weighted by molar-refractivity contribution is 7.90. The average molecular weight is 410 g/mol. The lowest BCUT2D eigenvalue weighted by Crippen LogP contribution is -2.45. The number of rotatable bonds is 5. The van der Waals surface area contributed by atoms with Crippen molar-refractivity contribution in [2.24, 2.45) is 0 Å². The fourth-order valence-electron chi connectivity index (χ4n) is 3.40.